The molecule has 0 bridgehead atoms. The van der Waals surface area contributed by atoms with E-state index in [0.717, 1.165) is 14.7 Å². The van der Waals surface area contributed by atoms with Crippen LogP contribution in [0.2, 0.25) is 5.02 Å². The number of methoxy groups -OCH3 is 3. The number of hydrogen-bond acceptors (Lipinski definition) is 9. The molecular weight excluding hydrogens is 811 g/mol. The fourth-order valence-corrected chi connectivity index (χ4v) is 7.64. The highest BCUT2D eigenvalue weighted by atomic mass is 127. The molecule has 2 heterocycles. The molecule has 1 aliphatic heterocycles. The minimum atomic E-state index is -0.844. The third-order valence-corrected chi connectivity index (χ3v) is 9.84. The van der Waals surface area contributed by atoms with Crippen molar-refractivity contribution in [2.75, 3.05) is 27.9 Å². The summed E-state index contributed by atoms with van der Waals surface area (Å²) in [6.45, 7) is 3.94. The monoisotopic (exact) mass is 838 g/mol. The van der Waals surface area contributed by atoms with Gasteiger partial charge in [0.1, 0.15) is 6.61 Å². The van der Waals surface area contributed by atoms with E-state index in [9.17, 15) is 9.59 Å². The Morgan fingerprint density at radius 2 is 1.80 bits per heavy atom. The summed E-state index contributed by atoms with van der Waals surface area (Å²) in [5, 5.41) is 0.630. The average Bonchev–Trinajstić information content (AvgIpc) is 3.33. The second-order valence-electron chi connectivity index (χ2n) is 9.98. The number of esters is 1. The first-order valence-electron chi connectivity index (χ1n) is 14.0. The van der Waals surface area contributed by atoms with Crippen LogP contribution in [-0.2, 0) is 16.1 Å². The lowest BCUT2D eigenvalue weighted by atomic mass is 9.95. The Hall–Kier alpha value is -3.33. The van der Waals surface area contributed by atoms with Gasteiger partial charge >= 0.3 is 5.97 Å². The molecule has 0 saturated heterocycles. The molecule has 1 aromatic heterocycles. The highest BCUT2D eigenvalue weighted by molar-refractivity contribution is 14.1. The predicted molar refractivity (Wildman–Crippen MR) is 189 cm³/mol. The highest BCUT2D eigenvalue weighted by Gasteiger charge is 2.35. The molecule has 1 atom stereocenters. The van der Waals surface area contributed by atoms with Crippen LogP contribution in [0, 0.1) is 3.57 Å². The molecule has 0 amide bonds. The van der Waals surface area contributed by atoms with Crippen LogP contribution in [0.3, 0.4) is 0 Å². The van der Waals surface area contributed by atoms with E-state index in [2.05, 4.69) is 43.5 Å². The zero-order chi connectivity index (χ0) is 33.1. The summed E-state index contributed by atoms with van der Waals surface area (Å²) < 4.78 is 31.6. The van der Waals surface area contributed by atoms with Crippen molar-refractivity contribution in [3.63, 3.8) is 0 Å². The van der Waals surface area contributed by atoms with E-state index in [1.165, 1.54) is 30.1 Å². The predicted octanol–water partition coefficient (Wildman–Crippen LogP) is 6.42. The van der Waals surface area contributed by atoms with Gasteiger partial charge in [0.15, 0.2) is 27.8 Å². The van der Waals surface area contributed by atoms with Crippen LogP contribution in [0.4, 0.5) is 0 Å². The first-order valence-corrected chi connectivity index (χ1v) is 17.0. The fraction of sp³-hybridized carbons (Fsp3) is 0.242. The Morgan fingerprint density at radius 1 is 1.09 bits per heavy atom. The molecule has 0 N–H and O–H groups in total. The number of halogens is 3. The third kappa shape index (κ3) is 6.85. The molecule has 0 saturated carbocycles. The number of rotatable bonds is 10. The minimum absolute atomic E-state index is 0.166. The second-order valence-corrected chi connectivity index (χ2v) is 13.4. The SMILES string of the molecule is CCOC(=O)C1=C(C)N=c2s/c(=C\c3cc(I)c(OCc4cccc(Cl)c4)c(OC)c3)c(=O)n2[C@@H]1c1cc(OC)c(OC)cc1Br. The second kappa shape index (κ2) is 14.6. The van der Waals surface area contributed by atoms with Gasteiger partial charge in [0.05, 0.1) is 53.4 Å². The molecule has 9 nitrogen and oxygen atoms in total. The molecule has 0 aliphatic carbocycles. The normalized spacial score (nSPS) is 14.4. The lowest BCUT2D eigenvalue weighted by Crippen LogP contribution is -2.40. The molecule has 0 spiro atoms. The van der Waals surface area contributed by atoms with Crippen molar-refractivity contribution in [1.82, 2.24) is 4.57 Å². The van der Waals surface area contributed by atoms with E-state index in [1.54, 1.807) is 39.2 Å². The summed E-state index contributed by atoms with van der Waals surface area (Å²) in [6.07, 6.45) is 1.78. The summed E-state index contributed by atoms with van der Waals surface area (Å²) in [4.78, 5) is 32.6. The van der Waals surface area contributed by atoms with Gasteiger partial charge in [-0.15, -0.1) is 0 Å². The molecule has 0 unspecified atom stereocenters. The van der Waals surface area contributed by atoms with Gasteiger partial charge in [0.2, 0.25) is 0 Å². The summed E-state index contributed by atoms with van der Waals surface area (Å²) in [5.41, 5.74) is 2.65. The van der Waals surface area contributed by atoms with Crippen LogP contribution in [0.1, 0.15) is 36.6 Å². The lowest BCUT2D eigenvalue weighted by molar-refractivity contribution is -0.139. The first-order chi connectivity index (χ1) is 22.1. The number of nitrogens with zero attached hydrogens (tertiary/aromatic N) is 2. The van der Waals surface area contributed by atoms with Gasteiger partial charge in [0, 0.05) is 9.50 Å². The molecule has 3 aromatic carbocycles. The maximum Gasteiger partial charge on any atom is 0.338 e. The van der Waals surface area contributed by atoms with Crippen molar-refractivity contribution >= 4 is 73.5 Å². The van der Waals surface area contributed by atoms with Crippen LogP contribution in [0.15, 0.2) is 74.1 Å². The molecular formula is C33H29BrClIN2O7S. The summed E-state index contributed by atoms with van der Waals surface area (Å²) in [7, 11) is 4.63. The molecule has 4 aromatic rings. The van der Waals surface area contributed by atoms with Crippen molar-refractivity contribution in [2.24, 2.45) is 4.99 Å². The number of thiazole rings is 1. The van der Waals surface area contributed by atoms with Gasteiger partial charge in [-0.25, -0.2) is 9.79 Å². The van der Waals surface area contributed by atoms with Gasteiger partial charge in [-0.05, 0) is 95.6 Å². The van der Waals surface area contributed by atoms with Crippen LogP contribution in [0.25, 0.3) is 6.08 Å². The van der Waals surface area contributed by atoms with Crippen molar-refractivity contribution in [3.05, 3.63) is 109 Å². The topological polar surface area (TPSA) is 97.6 Å². The van der Waals surface area contributed by atoms with Gasteiger partial charge < -0.3 is 23.7 Å². The van der Waals surface area contributed by atoms with E-state index >= 15 is 0 Å². The van der Waals surface area contributed by atoms with Gasteiger partial charge in [-0.3, -0.25) is 9.36 Å². The zero-order valence-electron chi connectivity index (χ0n) is 25.5. The molecule has 5 rings (SSSR count). The van der Waals surface area contributed by atoms with Gasteiger partial charge in [-0.1, -0.05) is 51.0 Å². The summed E-state index contributed by atoms with van der Waals surface area (Å²) in [5.74, 6) is 1.47. The molecule has 1 aliphatic rings. The number of carbonyl (C=O) groups excluding carboxylic acids is 1. The van der Waals surface area contributed by atoms with Crippen molar-refractivity contribution in [2.45, 2.75) is 26.5 Å². The van der Waals surface area contributed by atoms with Crippen LogP contribution < -0.4 is 33.8 Å². The van der Waals surface area contributed by atoms with E-state index in [4.69, 9.17) is 35.3 Å². The number of carbonyl (C=O) groups is 1. The molecule has 0 radical (unpaired) electrons. The van der Waals surface area contributed by atoms with Crippen molar-refractivity contribution in [1.29, 1.82) is 0 Å². The number of hydrogen-bond donors (Lipinski definition) is 0. The zero-order valence-corrected chi connectivity index (χ0v) is 30.8. The fourth-order valence-electron chi connectivity index (χ4n) is 5.06. The quantitative estimate of drug-likeness (QED) is 0.134. The Bertz CT molecular complexity index is 2040. The maximum absolute atomic E-state index is 14.2. The smallest absolute Gasteiger partial charge is 0.338 e. The van der Waals surface area contributed by atoms with Crippen molar-refractivity contribution in [3.8, 4) is 23.0 Å². The Morgan fingerprint density at radius 3 is 2.48 bits per heavy atom. The van der Waals surface area contributed by atoms with Gasteiger partial charge in [0.25, 0.3) is 5.56 Å². The summed E-state index contributed by atoms with van der Waals surface area (Å²) in [6, 6.07) is 13.8. The highest BCUT2D eigenvalue weighted by Crippen LogP contribution is 2.41. The van der Waals surface area contributed by atoms with E-state index in [1.807, 2.05) is 36.4 Å². The molecule has 240 valence electrons. The lowest BCUT2D eigenvalue weighted by Gasteiger charge is -2.26. The first kappa shape index (κ1) is 34.0. The maximum atomic E-state index is 14.2. The van der Waals surface area contributed by atoms with E-state index in [0.29, 0.717) is 59.7 Å². The van der Waals surface area contributed by atoms with E-state index in [-0.39, 0.29) is 17.7 Å². The number of allylic oxidation sites excluding steroid dienone is 1. The third-order valence-electron chi connectivity index (χ3n) is 7.14. The largest absolute Gasteiger partial charge is 0.493 e. The van der Waals surface area contributed by atoms with Crippen LogP contribution in [0.5, 0.6) is 23.0 Å². The average molecular weight is 840 g/mol. The number of aromatic nitrogens is 1. The Labute approximate surface area is 296 Å². The number of benzene rings is 3. The molecule has 46 heavy (non-hydrogen) atoms. The molecule has 0 fully saturated rings. The van der Waals surface area contributed by atoms with Crippen molar-refractivity contribution < 1.29 is 28.5 Å². The Kier molecular flexibility index (Phi) is 10.8. The Balaban J connectivity index is 1.62. The standard InChI is InChI=1S/C33H29BrClIN2O7S/c1-6-44-32(40)28-17(2)37-33-38(29(28)21-14-24(41-3)25(42-4)15-22(21)34)31(39)27(46-33)13-19-11-23(36)30(26(12-19)43-5)45-16-18-8-7-9-20(35)10-18/h7-15,29H,6,16H2,1-5H3/b27-13-/t29-/m1/s1. The van der Waals surface area contributed by atoms with Crippen LogP contribution >= 0.6 is 61.5 Å². The number of ether oxygens (including phenoxy) is 5. The summed E-state index contributed by atoms with van der Waals surface area (Å²) >= 11 is 13.2. The molecule has 13 heteroatoms. The minimum Gasteiger partial charge on any atom is -0.493 e. The van der Waals surface area contributed by atoms with E-state index < -0.39 is 12.0 Å². The number of fused-ring (bicyclic) bond motifs is 1. The van der Waals surface area contributed by atoms with Crippen LogP contribution in [-0.4, -0.2) is 38.5 Å². The van der Waals surface area contributed by atoms with Gasteiger partial charge in [-0.2, -0.15) is 0 Å².